The molecule has 0 aliphatic heterocycles. The molecule has 9 heteroatoms. The fraction of sp³-hybridized carbons (Fsp3) is 0.212. The molecule has 3 heterocycles. The van der Waals surface area contributed by atoms with E-state index in [1.165, 1.54) is 15.9 Å². The van der Waals surface area contributed by atoms with E-state index in [0.717, 1.165) is 58.0 Å². The Balaban J connectivity index is 1.37. The predicted molar refractivity (Wildman–Crippen MR) is 167 cm³/mol. The van der Waals surface area contributed by atoms with Crippen LogP contribution >= 0.6 is 11.3 Å². The van der Waals surface area contributed by atoms with Crippen LogP contribution in [0.1, 0.15) is 37.8 Å². The fourth-order valence-corrected chi connectivity index (χ4v) is 5.57. The third-order valence-corrected chi connectivity index (χ3v) is 7.82. The number of hydrogen-bond acceptors (Lipinski definition) is 7. The van der Waals surface area contributed by atoms with Gasteiger partial charge in [-0.15, -0.1) is 5.10 Å². The largest absolute Gasteiger partial charge is 0.494 e. The van der Waals surface area contributed by atoms with Gasteiger partial charge in [0.2, 0.25) is 4.96 Å². The average Bonchev–Trinajstić information content (AvgIpc) is 3.70. The molecule has 0 atom stereocenters. The second-order valence-corrected chi connectivity index (χ2v) is 10.9. The number of hydrogen-bond donors (Lipinski definition) is 0. The molecule has 0 radical (unpaired) electrons. The Hall–Kier alpha value is -4.76. The van der Waals surface area contributed by atoms with Crippen molar-refractivity contribution in [3.8, 4) is 39.8 Å². The lowest BCUT2D eigenvalue weighted by atomic mass is 10.0. The first-order valence-electron chi connectivity index (χ1n) is 14.1. The SMILES string of the molecule is CCCCOc1ccc(-c2nc3s/c(=C\c4cn(-c5ccccc5)nc4-c4ccc(OCC)c(C)c4)c(=O)n3n2)cc1. The minimum atomic E-state index is -0.213. The molecule has 8 nitrogen and oxygen atoms in total. The molecule has 0 aliphatic carbocycles. The van der Waals surface area contributed by atoms with Crippen molar-refractivity contribution in [1.29, 1.82) is 0 Å². The van der Waals surface area contributed by atoms with Gasteiger partial charge in [0.1, 0.15) is 17.2 Å². The average molecular weight is 578 g/mol. The Labute approximate surface area is 247 Å². The summed E-state index contributed by atoms with van der Waals surface area (Å²) in [4.78, 5) is 18.6. The Bertz CT molecular complexity index is 1940. The maximum atomic E-state index is 13.4. The number of para-hydroxylation sites is 1. The molecule has 42 heavy (non-hydrogen) atoms. The second kappa shape index (κ2) is 12.0. The molecule has 0 amide bonds. The number of thiazole rings is 1. The summed E-state index contributed by atoms with van der Waals surface area (Å²) in [7, 11) is 0. The summed E-state index contributed by atoms with van der Waals surface area (Å²) in [5.74, 6) is 2.16. The molecule has 0 N–H and O–H groups in total. The fourth-order valence-electron chi connectivity index (χ4n) is 4.68. The first-order valence-corrected chi connectivity index (χ1v) is 14.9. The molecular formula is C33H31N5O3S. The van der Waals surface area contributed by atoms with Crippen molar-refractivity contribution in [2.24, 2.45) is 0 Å². The summed E-state index contributed by atoms with van der Waals surface area (Å²) < 4.78 is 15.2. The number of unbranched alkanes of at least 4 members (excludes halogenated alkanes) is 1. The van der Waals surface area contributed by atoms with Gasteiger partial charge in [-0.25, -0.2) is 4.68 Å². The van der Waals surface area contributed by atoms with Gasteiger partial charge in [-0.3, -0.25) is 4.79 Å². The molecule has 0 spiro atoms. The van der Waals surface area contributed by atoms with Gasteiger partial charge in [-0.2, -0.15) is 14.6 Å². The Morgan fingerprint density at radius 1 is 0.929 bits per heavy atom. The highest BCUT2D eigenvalue weighted by Gasteiger charge is 2.16. The van der Waals surface area contributed by atoms with Gasteiger partial charge in [0, 0.05) is 22.9 Å². The highest BCUT2D eigenvalue weighted by Crippen LogP contribution is 2.29. The van der Waals surface area contributed by atoms with Crippen LogP contribution in [-0.4, -0.2) is 37.6 Å². The first kappa shape index (κ1) is 27.4. The molecule has 0 saturated carbocycles. The number of benzene rings is 3. The van der Waals surface area contributed by atoms with Crippen LogP contribution < -0.4 is 19.6 Å². The van der Waals surface area contributed by atoms with Crippen LogP contribution in [0.25, 0.3) is 39.4 Å². The number of ether oxygens (including phenoxy) is 2. The lowest BCUT2D eigenvalue weighted by Gasteiger charge is -2.08. The quantitative estimate of drug-likeness (QED) is 0.183. The van der Waals surface area contributed by atoms with Crippen LogP contribution in [0.2, 0.25) is 0 Å². The van der Waals surface area contributed by atoms with Gasteiger partial charge in [-0.05, 0) is 86.5 Å². The summed E-state index contributed by atoms with van der Waals surface area (Å²) >= 11 is 1.31. The normalized spacial score (nSPS) is 11.8. The lowest BCUT2D eigenvalue weighted by Crippen LogP contribution is -2.23. The summed E-state index contributed by atoms with van der Waals surface area (Å²) in [6.07, 6.45) is 5.92. The molecule has 0 saturated heterocycles. The summed E-state index contributed by atoms with van der Waals surface area (Å²) in [6.45, 7) is 7.42. The van der Waals surface area contributed by atoms with Crippen molar-refractivity contribution in [2.75, 3.05) is 13.2 Å². The van der Waals surface area contributed by atoms with Crippen molar-refractivity contribution in [2.45, 2.75) is 33.6 Å². The van der Waals surface area contributed by atoms with E-state index in [0.29, 0.717) is 28.5 Å². The summed E-state index contributed by atoms with van der Waals surface area (Å²) in [6, 6.07) is 23.6. The van der Waals surface area contributed by atoms with Crippen LogP contribution in [0, 0.1) is 6.92 Å². The Kier molecular flexibility index (Phi) is 7.83. The zero-order chi connectivity index (χ0) is 29.1. The number of fused-ring (bicyclic) bond motifs is 1. The van der Waals surface area contributed by atoms with E-state index in [9.17, 15) is 4.79 Å². The Morgan fingerprint density at radius 3 is 2.43 bits per heavy atom. The number of rotatable bonds is 10. The molecule has 212 valence electrons. The highest BCUT2D eigenvalue weighted by molar-refractivity contribution is 7.15. The summed E-state index contributed by atoms with van der Waals surface area (Å²) in [5, 5.41) is 9.45. The molecule has 0 fully saturated rings. The third-order valence-electron chi connectivity index (χ3n) is 6.86. The molecule has 6 aromatic rings. The molecule has 6 rings (SSSR count). The maximum absolute atomic E-state index is 13.4. The van der Waals surface area contributed by atoms with Gasteiger partial charge in [-0.1, -0.05) is 42.9 Å². The zero-order valence-corrected chi connectivity index (χ0v) is 24.6. The third kappa shape index (κ3) is 5.56. The van der Waals surface area contributed by atoms with Gasteiger partial charge in [0.15, 0.2) is 5.82 Å². The molecule has 0 bridgehead atoms. The monoisotopic (exact) mass is 577 g/mol. The summed E-state index contributed by atoms with van der Waals surface area (Å²) in [5.41, 5.74) is 5.09. The number of nitrogens with zero attached hydrogens (tertiary/aromatic N) is 5. The van der Waals surface area contributed by atoms with Crippen LogP contribution in [0.4, 0.5) is 0 Å². The van der Waals surface area contributed by atoms with E-state index < -0.39 is 0 Å². The van der Waals surface area contributed by atoms with Gasteiger partial charge < -0.3 is 9.47 Å². The van der Waals surface area contributed by atoms with Crippen LogP contribution in [-0.2, 0) is 0 Å². The standard InChI is InChI=1S/C33H31N5O3S/c1-4-6-18-41-27-15-12-23(13-16-27)31-34-33-38(36-31)32(39)29(42-33)20-25-21-37(26-10-8-7-9-11-26)35-30(25)24-14-17-28(40-5-2)22(3)19-24/h7-17,19-21H,4-6,18H2,1-3H3/b29-20-. The highest BCUT2D eigenvalue weighted by atomic mass is 32.1. The van der Waals surface area contributed by atoms with E-state index in [1.54, 1.807) is 0 Å². The first-order chi connectivity index (χ1) is 20.5. The van der Waals surface area contributed by atoms with E-state index in [1.807, 2.05) is 97.5 Å². The van der Waals surface area contributed by atoms with Crippen molar-refractivity contribution < 1.29 is 9.47 Å². The van der Waals surface area contributed by atoms with Gasteiger partial charge in [0.05, 0.1) is 23.4 Å². The Morgan fingerprint density at radius 2 is 1.71 bits per heavy atom. The molecule has 3 aromatic heterocycles. The van der Waals surface area contributed by atoms with Gasteiger partial charge in [0.25, 0.3) is 5.56 Å². The van der Waals surface area contributed by atoms with E-state index in [2.05, 4.69) is 23.1 Å². The second-order valence-electron chi connectivity index (χ2n) is 9.90. The van der Waals surface area contributed by atoms with Crippen molar-refractivity contribution in [3.05, 3.63) is 105 Å². The van der Waals surface area contributed by atoms with E-state index in [-0.39, 0.29) is 5.56 Å². The molecular weight excluding hydrogens is 546 g/mol. The van der Waals surface area contributed by atoms with Crippen LogP contribution in [0.5, 0.6) is 11.5 Å². The molecule has 3 aromatic carbocycles. The zero-order valence-electron chi connectivity index (χ0n) is 23.8. The minimum Gasteiger partial charge on any atom is -0.494 e. The predicted octanol–water partition coefficient (Wildman–Crippen LogP) is 6.10. The maximum Gasteiger partial charge on any atom is 0.291 e. The van der Waals surface area contributed by atoms with E-state index >= 15 is 0 Å². The smallest absolute Gasteiger partial charge is 0.291 e. The number of aromatic nitrogens is 5. The van der Waals surface area contributed by atoms with Crippen molar-refractivity contribution >= 4 is 22.4 Å². The van der Waals surface area contributed by atoms with Crippen LogP contribution in [0.15, 0.2) is 83.8 Å². The molecule has 0 unspecified atom stereocenters. The number of aryl methyl sites for hydroxylation is 1. The molecule has 0 aliphatic rings. The van der Waals surface area contributed by atoms with Crippen LogP contribution in [0.3, 0.4) is 0 Å². The van der Waals surface area contributed by atoms with E-state index in [4.69, 9.17) is 14.6 Å². The topological polar surface area (TPSA) is 83.5 Å². The van der Waals surface area contributed by atoms with Gasteiger partial charge >= 0.3 is 0 Å². The lowest BCUT2D eigenvalue weighted by molar-refractivity contribution is 0.309. The minimum absolute atomic E-state index is 0.213. The van der Waals surface area contributed by atoms with Crippen molar-refractivity contribution in [3.63, 3.8) is 0 Å². The van der Waals surface area contributed by atoms with Crippen molar-refractivity contribution in [1.82, 2.24) is 24.4 Å².